The third-order valence-electron chi connectivity index (χ3n) is 9.73. The molecule has 9 heteroatoms. The van der Waals surface area contributed by atoms with Gasteiger partial charge in [-0.05, 0) is 86.5 Å². The predicted octanol–water partition coefficient (Wildman–Crippen LogP) is 6.73. The first-order chi connectivity index (χ1) is 22.4. The van der Waals surface area contributed by atoms with E-state index in [4.69, 9.17) is 19.4 Å². The smallest absolute Gasteiger partial charge is 0.223 e. The third kappa shape index (κ3) is 6.76. The van der Waals surface area contributed by atoms with Gasteiger partial charge in [-0.1, -0.05) is 20.8 Å². The Labute approximate surface area is 271 Å². The molecule has 9 nitrogen and oxygen atoms in total. The average Bonchev–Trinajstić information content (AvgIpc) is 3.41. The Morgan fingerprint density at radius 1 is 1.00 bits per heavy atom. The van der Waals surface area contributed by atoms with E-state index in [2.05, 4.69) is 41.9 Å². The largest absolute Gasteiger partial charge is 0.457 e. The number of carbonyl (C=O) groups is 1. The molecule has 2 atom stereocenters. The number of nitrogens with zero attached hydrogens (tertiary/aromatic N) is 6. The van der Waals surface area contributed by atoms with Gasteiger partial charge >= 0.3 is 0 Å². The van der Waals surface area contributed by atoms with Crippen LogP contribution in [0.3, 0.4) is 0 Å². The van der Waals surface area contributed by atoms with Crippen LogP contribution in [-0.2, 0) is 16.1 Å². The lowest BCUT2D eigenvalue weighted by atomic mass is 9.94. The van der Waals surface area contributed by atoms with Crippen molar-refractivity contribution in [2.24, 2.45) is 5.92 Å². The van der Waals surface area contributed by atoms with E-state index in [0.29, 0.717) is 48.3 Å². The van der Waals surface area contributed by atoms with Gasteiger partial charge in [0, 0.05) is 80.0 Å². The molecule has 2 aromatic heterocycles. The Balaban J connectivity index is 1.16. The molecule has 0 radical (unpaired) electrons. The van der Waals surface area contributed by atoms with Gasteiger partial charge in [0.25, 0.3) is 0 Å². The summed E-state index contributed by atoms with van der Waals surface area (Å²) in [5, 5.41) is 9.77. The Kier molecular flexibility index (Phi) is 8.95. The van der Waals surface area contributed by atoms with Crippen LogP contribution in [0, 0.1) is 5.92 Å². The SMILES string of the molecule is CC(C)c1ccc(-c2ccc(Oc3cc4nc(C5CCCN(C6CCOCC6)C5)ncc4cc3CN3C[C@@H](C)CC3=O)cc2)nn1. The molecule has 2 aromatic carbocycles. The minimum Gasteiger partial charge on any atom is -0.457 e. The Hall–Kier alpha value is -3.95. The van der Waals surface area contributed by atoms with Gasteiger partial charge in [-0.25, -0.2) is 9.97 Å². The molecule has 0 aliphatic carbocycles. The van der Waals surface area contributed by atoms with E-state index < -0.39 is 0 Å². The van der Waals surface area contributed by atoms with Crippen molar-refractivity contribution in [3.05, 3.63) is 71.8 Å². The fraction of sp³-hybridized carbons (Fsp3) is 0.486. The normalized spacial score (nSPS) is 21.4. The van der Waals surface area contributed by atoms with Crippen molar-refractivity contribution in [1.82, 2.24) is 30.0 Å². The van der Waals surface area contributed by atoms with Gasteiger partial charge in [0.1, 0.15) is 17.3 Å². The first-order valence-electron chi connectivity index (χ1n) is 16.9. The van der Waals surface area contributed by atoms with Gasteiger partial charge < -0.3 is 14.4 Å². The molecular weight excluding hydrogens is 576 g/mol. The maximum absolute atomic E-state index is 12.8. The zero-order chi connectivity index (χ0) is 31.6. The van der Waals surface area contributed by atoms with E-state index in [1.165, 1.54) is 0 Å². The molecule has 5 heterocycles. The van der Waals surface area contributed by atoms with Crippen LogP contribution in [0.15, 0.2) is 54.7 Å². The zero-order valence-corrected chi connectivity index (χ0v) is 27.2. The highest BCUT2D eigenvalue weighted by atomic mass is 16.5. The molecule has 0 saturated carbocycles. The second kappa shape index (κ2) is 13.4. The highest BCUT2D eigenvalue weighted by Crippen LogP contribution is 2.34. The van der Waals surface area contributed by atoms with Crippen LogP contribution in [0.4, 0.5) is 0 Å². The first kappa shape index (κ1) is 30.7. The molecule has 46 heavy (non-hydrogen) atoms. The molecular formula is C37H44N6O3. The molecule has 0 spiro atoms. The van der Waals surface area contributed by atoms with E-state index in [1.54, 1.807) is 0 Å². The van der Waals surface area contributed by atoms with Gasteiger partial charge in [-0.3, -0.25) is 9.69 Å². The standard InChI is InChI=1S/C37H44N6O3/c1-24(2)32-10-11-33(41-40-32)26-6-8-31(9-7-26)46-35-19-34-28(18-29(35)23-43-21-25(3)17-36(43)44)20-38-37(39-34)27-5-4-14-42(22-27)30-12-15-45-16-13-30/h6-11,18-20,24-25,27,30H,4-5,12-17,21-23H2,1-3H3/t25-,27?/m0/s1. The summed E-state index contributed by atoms with van der Waals surface area (Å²) < 4.78 is 12.2. The quantitative estimate of drug-likeness (QED) is 0.214. The summed E-state index contributed by atoms with van der Waals surface area (Å²) in [4.78, 5) is 27.3. The van der Waals surface area contributed by atoms with Crippen molar-refractivity contribution in [3.8, 4) is 22.8 Å². The number of hydrogen-bond donors (Lipinski definition) is 0. The average molecular weight is 621 g/mol. The summed E-state index contributed by atoms with van der Waals surface area (Å²) in [5.74, 6) is 3.51. The van der Waals surface area contributed by atoms with Gasteiger partial charge in [-0.2, -0.15) is 10.2 Å². The number of amides is 1. The minimum atomic E-state index is 0.186. The second-order valence-electron chi connectivity index (χ2n) is 13.6. The molecule has 3 aliphatic rings. The van der Waals surface area contributed by atoms with Crippen LogP contribution < -0.4 is 4.74 Å². The lowest BCUT2D eigenvalue weighted by Gasteiger charge is -2.39. The molecule has 1 unspecified atom stereocenters. The van der Waals surface area contributed by atoms with Crippen LogP contribution in [0.2, 0.25) is 0 Å². The van der Waals surface area contributed by atoms with Crippen molar-refractivity contribution < 1.29 is 14.3 Å². The van der Waals surface area contributed by atoms with Crippen molar-refractivity contribution >= 4 is 16.8 Å². The molecule has 4 aromatic rings. The maximum atomic E-state index is 12.8. The Morgan fingerprint density at radius 3 is 2.54 bits per heavy atom. The van der Waals surface area contributed by atoms with E-state index in [9.17, 15) is 4.79 Å². The number of likely N-dealkylation sites (tertiary alicyclic amines) is 2. The predicted molar refractivity (Wildman–Crippen MR) is 178 cm³/mol. The van der Waals surface area contributed by atoms with Crippen LogP contribution >= 0.6 is 0 Å². The number of benzene rings is 2. The molecule has 7 rings (SSSR count). The summed E-state index contributed by atoms with van der Waals surface area (Å²) in [6, 6.07) is 16.7. The Morgan fingerprint density at radius 2 is 1.83 bits per heavy atom. The van der Waals surface area contributed by atoms with Gasteiger partial charge in [-0.15, -0.1) is 0 Å². The van der Waals surface area contributed by atoms with Gasteiger partial charge in [0.15, 0.2) is 0 Å². The topological polar surface area (TPSA) is 93.6 Å². The molecule has 1 amide bonds. The summed E-state index contributed by atoms with van der Waals surface area (Å²) in [5.41, 5.74) is 4.60. The summed E-state index contributed by atoms with van der Waals surface area (Å²) in [6.07, 6.45) is 7.00. The fourth-order valence-corrected chi connectivity index (χ4v) is 7.09. The van der Waals surface area contributed by atoms with Gasteiger partial charge in [0.05, 0.1) is 16.9 Å². The number of carbonyl (C=O) groups excluding carboxylic acids is 1. The highest BCUT2D eigenvalue weighted by molar-refractivity contribution is 5.82. The van der Waals surface area contributed by atoms with Crippen molar-refractivity contribution in [1.29, 1.82) is 0 Å². The number of ether oxygens (including phenoxy) is 2. The van der Waals surface area contributed by atoms with Crippen LogP contribution in [0.5, 0.6) is 11.5 Å². The van der Waals surface area contributed by atoms with Crippen LogP contribution in [-0.4, -0.2) is 74.8 Å². The molecule has 0 bridgehead atoms. The van der Waals surface area contributed by atoms with E-state index in [-0.39, 0.29) is 5.91 Å². The monoisotopic (exact) mass is 620 g/mol. The van der Waals surface area contributed by atoms with Crippen LogP contribution in [0.25, 0.3) is 22.2 Å². The number of piperidine rings is 1. The maximum Gasteiger partial charge on any atom is 0.223 e. The molecule has 3 saturated heterocycles. The molecule has 0 N–H and O–H groups in total. The molecule has 3 fully saturated rings. The first-order valence-corrected chi connectivity index (χ1v) is 16.9. The number of fused-ring (bicyclic) bond motifs is 1. The lowest BCUT2D eigenvalue weighted by molar-refractivity contribution is -0.128. The van der Waals surface area contributed by atoms with Gasteiger partial charge in [0.2, 0.25) is 5.91 Å². The number of aromatic nitrogens is 4. The third-order valence-corrected chi connectivity index (χ3v) is 9.73. The van der Waals surface area contributed by atoms with E-state index in [1.807, 2.05) is 53.6 Å². The van der Waals surface area contributed by atoms with E-state index in [0.717, 1.165) is 97.8 Å². The van der Waals surface area contributed by atoms with Crippen molar-refractivity contribution in [2.75, 3.05) is 32.8 Å². The zero-order valence-electron chi connectivity index (χ0n) is 27.2. The second-order valence-corrected chi connectivity index (χ2v) is 13.6. The summed E-state index contributed by atoms with van der Waals surface area (Å²) in [7, 11) is 0. The Bertz CT molecular complexity index is 1670. The summed E-state index contributed by atoms with van der Waals surface area (Å²) in [6.45, 7) is 11.4. The molecule has 3 aliphatic heterocycles. The van der Waals surface area contributed by atoms with Crippen molar-refractivity contribution in [2.45, 2.75) is 77.3 Å². The minimum absolute atomic E-state index is 0.186. The van der Waals surface area contributed by atoms with E-state index >= 15 is 0 Å². The fourth-order valence-electron chi connectivity index (χ4n) is 7.09. The summed E-state index contributed by atoms with van der Waals surface area (Å²) >= 11 is 0. The van der Waals surface area contributed by atoms with Crippen LogP contribution in [0.1, 0.15) is 81.8 Å². The highest BCUT2D eigenvalue weighted by Gasteiger charge is 2.30. The van der Waals surface area contributed by atoms with Crippen molar-refractivity contribution in [3.63, 3.8) is 0 Å². The lowest BCUT2D eigenvalue weighted by Crippen LogP contribution is -2.44. The number of hydrogen-bond acceptors (Lipinski definition) is 8. The number of rotatable bonds is 8. The molecule has 240 valence electrons.